The number of rotatable bonds is 5. The fourth-order valence-electron chi connectivity index (χ4n) is 1.45. The molecule has 0 aliphatic rings. The number of benzene rings is 1. The summed E-state index contributed by atoms with van der Waals surface area (Å²) < 4.78 is 15.1. The highest BCUT2D eigenvalue weighted by molar-refractivity contribution is 5.88. The van der Waals surface area contributed by atoms with Crippen LogP contribution in [0, 0.1) is 5.82 Å². The molecule has 0 bridgehead atoms. The van der Waals surface area contributed by atoms with Crippen LogP contribution in [0.1, 0.15) is 10.4 Å². The standard InChI is InChI=1S/C11H11FN4O2/c12-9-7-8(11(17)18)1-2-10(9)13-3-5-16-6-4-14-15-16/h1-2,4,6-7,13H,3,5H2,(H,17,18). The van der Waals surface area contributed by atoms with Crippen molar-refractivity contribution in [2.75, 3.05) is 11.9 Å². The van der Waals surface area contributed by atoms with Gasteiger partial charge in [-0.15, -0.1) is 5.10 Å². The van der Waals surface area contributed by atoms with Crippen molar-refractivity contribution in [3.63, 3.8) is 0 Å². The third kappa shape index (κ3) is 2.82. The molecule has 2 N–H and O–H groups in total. The molecule has 0 aliphatic heterocycles. The van der Waals surface area contributed by atoms with Crippen molar-refractivity contribution in [2.45, 2.75) is 6.54 Å². The fourth-order valence-corrected chi connectivity index (χ4v) is 1.45. The predicted molar refractivity (Wildman–Crippen MR) is 61.9 cm³/mol. The molecule has 94 valence electrons. The van der Waals surface area contributed by atoms with Gasteiger partial charge in [0.25, 0.3) is 0 Å². The van der Waals surface area contributed by atoms with Gasteiger partial charge in [0.05, 0.1) is 24.0 Å². The van der Waals surface area contributed by atoms with Gasteiger partial charge in [0.1, 0.15) is 5.82 Å². The van der Waals surface area contributed by atoms with Crippen LogP contribution in [0.15, 0.2) is 30.6 Å². The number of nitrogens with one attached hydrogen (secondary N) is 1. The minimum Gasteiger partial charge on any atom is -0.478 e. The number of halogens is 1. The molecule has 1 aromatic heterocycles. The third-order valence-electron chi connectivity index (χ3n) is 2.34. The summed E-state index contributed by atoms with van der Waals surface area (Å²) in [6, 6.07) is 3.74. The molecule has 0 amide bonds. The fraction of sp³-hybridized carbons (Fsp3) is 0.182. The average molecular weight is 250 g/mol. The molecule has 1 heterocycles. The lowest BCUT2D eigenvalue weighted by molar-refractivity contribution is 0.0696. The van der Waals surface area contributed by atoms with E-state index in [1.807, 2.05) is 0 Å². The maximum absolute atomic E-state index is 13.5. The summed E-state index contributed by atoms with van der Waals surface area (Å²) >= 11 is 0. The molecule has 0 saturated carbocycles. The van der Waals surface area contributed by atoms with Crippen LogP contribution in [0.4, 0.5) is 10.1 Å². The maximum Gasteiger partial charge on any atom is 0.335 e. The Hall–Kier alpha value is -2.44. The van der Waals surface area contributed by atoms with E-state index in [1.54, 1.807) is 17.1 Å². The molecular formula is C11H11FN4O2. The van der Waals surface area contributed by atoms with E-state index >= 15 is 0 Å². The highest BCUT2D eigenvalue weighted by atomic mass is 19.1. The minimum atomic E-state index is -1.15. The summed E-state index contributed by atoms with van der Waals surface area (Å²) in [6.07, 6.45) is 3.26. The molecule has 0 radical (unpaired) electrons. The molecule has 1 aromatic carbocycles. The van der Waals surface area contributed by atoms with Gasteiger partial charge >= 0.3 is 5.97 Å². The SMILES string of the molecule is O=C(O)c1ccc(NCCn2ccnn2)c(F)c1. The lowest BCUT2D eigenvalue weighted by Crippen LogP contribution is -2.12. The van der Waals surface area contributed by atoms with Gasteiger partial charge in [-0.1, -0.05) is 5.21 Å². The smallest absolute Gasteiger partial charge is 0.335 e. The van der Waals surface area contributed by atoms with Crippen LogP contribution >= 0.6 is 0 Å². The molecule has 0 unspecified atom stereocenters. The molecule has 18 heavy (non-hydrogen) atoms. The van der Waals surface area contributed by atoms with E-state index in [1.165, 1.54) is 12.1 Å². The average Bonchev–Trinajstić information content (AvgIpc) is 2.84. The lowest BCUT2D eigenvalue weighted by atomic mass is 10.2. The summed E-state index contributed by atoms with van der Waals surface area (Å²) in [6.45, 7) is 1.01. The zero-order chi connectivity index (χ0) is 13.0. The molecule has 7 heteroatoms. The van der Waals surface area contributed by atoms with Gasteiger partial charge in [-0.2, -0.15) is 0 Å². The summed E-state index contributed by atoms with van der Waals surface area (Å²) in [4.78, 5) is 10.6. The van der Waals surface area contributed by atoms with Gasteiger partial charge in [0.15, 0.2) is 0 Å². The van der Waals surface area contributed by atoms with Crippen LogP contribution < -0.4 is 5.32 Å². The number of aromatic nitrogens is 3. The lowest BCUT2D eigenvalue weighted by Gasteiger charge is -2.07. The molecule has 0 spiro atoms. The number of aromatic carboxylic acids is 1. The molecule has 2 aromatic rings. The molecule has 0 aliphatic carbocycles. The van der Waals surface area contributed by atoms with E-state index < -0.39 is 11.8 Å². The van der Waals surface area contributed by atoms with Gasteiger partial charge in [-0.25, -0.2) is 9.18 Å². The molecule has 0 atom stereocenters. The Bertz CT molecular complexity index is 542. The summed E-state index contributed by atoms with van der Waals surface area (Å²) in [5.41, 5.74) is 0.189. The van der Waals surface area contributed by atoms with Crippen molar-refractivity contribution in [3.05, 3.63) is 42.0 Å². The summed E-state index contributed by atoms with van der Waals surface area (Å²) in [5, 5.41) is 19.0. The van der Waals surface area contributed by atoms with Gasteiger partial charge in [0.2, 0.25) is 0 Å². The number of anilines is 1. The molecule has 0 saturated heterocycles. The first kappa shape index (κ1) is 12.0. The number of nitrogens with zero attached hydrogens (tertiary/aromatic N) is 3. The van der Waals surface area contributed by atoms with E-state index in [4.69, 9.17) is 5.11 Å². The largest absolute Gasteiger partial charge is 0.478 e. The maximum atomic E-state index is 13.5. The van der Waals surface area contributed by atoms with Crippen molar-refractivity contribution in [3.8, 4) is 0 Å². The minimum absolute atomic E-state index is 0.0747. The van der Waals surface area contributed by atoms with Crippen LogP contribution in [-0.2, 0) is 6.54 Å². The Morgan fingerprint density at radius 3 is 2.94 bits per heavy atom. The highest BCUT2D eigenvalue weighted by Crippen LogP contribution is 2.15. The van der Waals surface area contributed by atoms with E-state index in [9.17, 15) is 9.18 Å². The summed E-state index contributed by atoms with van der Waals surface area (Å²) in [5.74, 6) is -1.74. The first-order chi connectivity index (χ1) is 8.66. The normalized spacial score (nSPS) is 10.3. The number of carboxylic acid groups (broad SMARTS) is 1. The second kappa shape index (κ2) is 5.26. The van der Waals surface area contributed by atoms with Crippen molar-refractivity contribution >= 4 is 11.7 Å². The van der Waals surface area contributed by atoms with Crippen LogP contribution in [0.2, 0.25) is 0 Å². The molecule has 6 nitrogen and oxygen atoms in total. The topological polar surface area (TPSA) is 80.0 Å². The van der Waals surface area contributed by atoms with E-state index in [0.717, 1.165) is 6.07 Å². The van der Waals surface area contributed by atoms with E-state index in [2.05, 4.69) is 15.6 Å². The van der Waals surface area contributed by atoms with Crippen molar-refractivity contribution < 1.29 is 14.3 Å². The Labute approximate surface area is 102 Å². The Morgan fingerprint density at radius 2 is 2.33 bits per heavy atom. The van der Waals surface area contributed by atoms with E-state index in [-0.39, 0.29) is 11.3 Å². The third-order valence-corrected chi connectivity index (χ3v) is 2.34. The zero-order valence-corrected chi connectivity index (χ0v) is 9.38. The number of carbonyl (C=O) groups is 1. The first-order valence-electron chi connectivity index (χ1n) is 5.27. The predicted octanol–water partition coefficient (Wildman–Crippen LogP) is 1.23. The monoisotopic (exact) mass is 250 g/mol. The van der Waals surface area contributed by atoms with Crippen LogP contribution in [-0.4, -0.2) is 32.6 Å². The molecule has 2 rings (SSSR count). The van der Waals surface area contributed by atoms with Crippen LogP contribution in [0.3, 0.4) is 0 Å². The molecular weight excluding hydrogens is 239 g/mol. The van der Waals surface area contributed by atoms with Gasteiger partial charge in [-0.3, -0.25) is 4.68 Å². The second-order valence-electron chi connectivity index (χ2n) is 3.59. The number of hydrogen-bond acceptors (Lipinski definition) is 4. The quantitative estimate of drug-likeness (QED) is 0.834. The van der Waals surface area contributed by atoms with Crippen molar-refractivity contribution in [1.82, 2.24) is 15.0 Å². The zero-order valence-electron chi connectivity index (χ0n) is 9.38. The summed E-state index contributed by atoms with van der Waals surface area (Å²) in [7, 11) is 0. The van der Waals surface area contributed by atoms with Crippen LogP contribution in [0.5, 0.6) is 0 Å². The number of hydrogen-bond donors (Lipinski definition) is 2. The van der Waals surface area contributed by atoms with Gasteiger partial charge in [-0.05, 0) is 18.2 Å². The Balaban J connectivity index is 1.95. The molecule has 0 fully saturated rings. The number of carboxylic acids is 1. The highest BCUT2D eigenvalue weighted by Gasteiger charge is 2.07. The van der Waals surface area contributed by atoms with Gasteiger partial charge < -0.3 is 10.4 Å². The van der Waals surface area contributed by atoms with Gasteiger partial charge in [0, 0.05) is 12.7 Å². The van der Waals surface area contributed by atoms with Crippen molar-refractivity contribution in [2.24, 2.45) is 0 Å². The van der Waals surface area contributed by atoms with Crippen molar-refractivity contribution in [1.29, 1.82) is 0 Å². The first-order valence-corrected chi connectivity index (χ1v) is 5.27. The Kier molecular flexibility index (Phi) is 3.52. The second-order valence-corrected chi connectivity index (χ2v) is 3.59. The Morgan fingerprint density at radius 1 is 1.50 bits per heavy atom. The van der Waals surface area contributed by atoms with E-state index in [0.29, 0.717) is 13.1 Å². The van der Waals surface area contributed by atoms with Crippen LogP contribution in [0.25, 0.3) is 0 Å².